The van der Waals surface area contributed by atoms with Crippen LogP contribution in [0.1, 0.15) is 21.5 Å². The largest absolute Gasteiger partial charge is 0.478 e. The normalized spacial score (nSPS) is 11.2. The van der Waals surface area contributed by atoms with Gasteiger partial charge in [0, 0.05) is 0 Å². The van der Waals surface area contributed by atoms with Crippen molar-refractivity contribution in [2.75, 3.05) is 10.6 Å². The Morgan fingerprint density at radius 1 is 1.09 bits per heavy atom. The maximum Gasteiger partial charge on any atom is 0.337 e. The molecule has 2 rings (SSSR count). The first-order valence-electron chi connectivity index (χ1n) is 6.64. The number of rotatable bonds is 5. The van der Waals surface area contributed by atoms with Crippen molar-refractivity contribution in [3.8, 4) is 0 Å². The Labute approximate surface area is 129 Å². The highest BCUT2D eigenvalue weighted by Gasteiger charge is 2.22. The van der Waals surface area contributed by atoms with Gasteiger partial charge in [0.2, 0.25) is 10.0 Å². The summed E-state index contributed by atoms with van der Waals surface area (Å²) < 4.78 is 25.3. The van der Waals surface area contributed by atoms with E-state index < -0.39 is 16.0 Å². The van der Waals surface area contributed by atoms with Crippen molar-refractivity contribution in [3.63, 3.8) is 0 Å². The monoisotopic (exact) mass is 319 g/mol. The van der Waals surface area contributed by atoms with Crippen LogP contribution in [0.4, 0.5) is 5.69 Å². The highest BCUT2D eigenvalue weighted by atomic mass is 32.2. The van der Waals surface area contributed by atoms with Crippen LogP contribution in [0.3, 0.4) is 0 Å². The third kappa shape index (κ3) is 3.65. The van der Waals surface area contributed by atoms with Crippen LogP contribution in [-0.4, -0.2) is 25.7 Å². The van der Waals surface area contributed by atoms with Gasteiger partial charge in [-0.15, -0.1) is 0 Å². The summed E-state index contributed by atoms with van der Waals surface area (Å²) in [7, 11) is -3.61. The molecule has 116 valence electrons. The molecule has 0 radical (unpaired) electrons. The lowest BCUT2D eigenvalue weighted by molar-refractivity contribution is 0.0697. The van der Waals surface area contributed by atoms with Crippen LogP contribution in [0.15, 0.2) is 48.5 Å². The maximum atomic E-state index is 12.1. The molecule has 0 saturated heterocycles. The molecule has 0 aromatic heterocycles. The van der Waals surface area contributed by atoms with E-state index in [2.05, 4.69) is 0 Å². The highest BCUT2D eigenvalue weighted by molar-refractivity contribution is 7.92. The molecule has 0 aliphatic heterocycles. The molecule has 0 fully saturated rings. The van der Waals surface area contributed by atoms with E-state index in [-0.39, 0.29) is 17.8 Å². The summed E-state index contributed by atoms with van der Waals surface area (Å²) in [5, 5.41) is 9.26. The number of sulfonamides is 1. The molecular formula is C16H17NO4S. The zero-order valence-corrected chi connectivity index (χ0v) is 13.2. The SMILES string of the molecule is Cc1ccc(CN(c2ccccc2C(=O)O)S(C)(=O)=O)cc1. The number of aryl methyl sites for hydroxylation is 1. The van der Waals surface area contributed by atoms with Gasteiger partial charge in [-0.05, 0) is 24.6 Å². The molecule has 0 bridgehead atoms. The van der Waals surface area contributed by atoms with E-state index in [1.54, 1.807) is 12.1 Å². The predicted molar refractivity (Wildman–Crippen MR) is 85.6 cm³/mol. The van der Waals surface area contributed by atoms with E-state index in [4.69, 9.17) is 0 Å². The minimum absolute atomic E-state index is 0.0416. The van der Waals surface area contributed by atoms with Gasteiger partial charge in [0.05, 0.1) is 24.1 Å². The molecule has 0 heterocycles. The van der Waals surface area contributed by atoms with Crippen molar-refractivity contribution >= 4 is 21.7 Å². The zero-order chi connectivity index (χ0) is 16.3. The van der Waals surface area contributed by atoms with Crippen LogP contribution in [0.5, 0.6) is 0 Å². The Balaban J connectivity index is 2.48. The zero-order valence-electron chi connectivity index (χ0n) is 12.4. The summed E-state index contributed by atoms with van der Waals surface area (Å²) in [6.07, 6.45) is 1.07. The van der Waals surface area contributed by atoms with Gasteiger partial charge in [0.25, 0.3) is 0 Å². The lowest BCUT2D eigenvalue weighted by Gasteiger charge is -2.24. The fraction of sp³-hybridized carbons (Fsp3) is 0.188. The molecule has 22 heavy (non-hydrogen) atoms. The first kappa shape index (κ1) is 16.0. The van der Waals surface area contributed by atoms with Crippen LogP contribution in [0.2, 0.25) is 0 Å². The molecule has 0 spiro atoms. The fourth-order valence-electron chi connectivity index (χ4n) is 2.11. The Morgan fingerprint density at radius 2 is 1.68 bits per heavy atom. The van der Waals surface area contributed by atoms with Gasteiger partial charge in [-0.2, -0.15) is 0 Å². The number of aromatic carboxylic acids is 1. The van der Waals surface area contributed by atoms with Crippen molar-refractivity contribution in [1.82, 2.24) is 0 Å². The maximum absolute atomic E-state index is 12.1. The molecule has 2 aromatic rings. The molecule has 2 aromatic carbocycles. The molecule has 0 saturated carbocycles. The van der Waals surface area contributed by atoms with Crippen molar-refractivity contribution in [3.05, 3.63) is 65.2 Å². The van der Waals surface area contributed by atoms with Gasteiger partial charge >= 0.3 is 5.97 Å². The van der Waals surface area contributed by atoms with Crippen molar-refractivity contribution < 1.29 is 18.3 Å². The predicted octanol–water partition coefficient (Wildman–Crippen LogP) is 2.66. The molecule has 0 atom stereocenters. The van der Waals surface area contributed by atoms with Gasteiger partial charge in [-0.3, -0.25) is 4.31 Å². The molecule has 0 unspecified atom stereocenters. The summed E-state index contributed by atoms with van der Waals surface area (Å²) in [6, 6.07) is 13.5. The number of nitrogens with zero attached hydrogens (tertiary/aromatic N) is 1. The smallest absolute Gasteiger partial charge is 0.337 e. The minimum atomic E-state index is -3.61. The number of benzene rings is 2. The van der Waals surface area contributed by atoms with Crippen LogP contribution in [-0.2, 0) is 16.6 Å². The van der Waals surface area contributed by atoms with Gasteiger partial charge in [-0.25, -0.2) is 13.2 Å². The Morgan fingerprint density at radius 3 is 2.23 bits per heavy atom. The topological polar surface area (TPSA) is 74.7 Å². The minimum Gasteiger partial charge on any atom is -0.478 e. The van der Waals surface area contributed by atoms with E-state index in [1.165, 1.54) is 12.1 Å². The Kier molecular flexibility index (Phi) is 4.51. The van der Waals surface area contributed by atoms with Crippen LogP contribution < -0.4 is 4.31 Å². The number of anilines is 1. The number of para-hydroxylation sites is 1. The second-order valence-corrected chi connectivity index (χ2v) is 6.98. The van der Waals surface area contributed by atoms with Crippen LogP contribution in [0, 0.1) is 6.92 Å². The van der Waals surface area contributed by atoms with E-state index in [1.807, 2.05) is 31.2 Å². The van der Waals surface area contributed by atoms with Crippen LogP contribution >= 0.6 is 0 Å². The first-order valence-corrected chi connectivity index (χ1v) is 8.49. The quantitative estimate of drug-likeness (QED) is 0.919. The van der Waals surface area contributed by atoms with Gasteiger partial charge in [0.15, 0.2) is 0 Å². The first-order chi connectivity index (χ1) is 10.3. The summed E-state index contributed by atoms with van der Waals surface area (Å²) in [5.41, 5.74) is 1.98. The standard InChI is InChI=1S/C16H17NO4S/c1-12-7-9-13(10-8-12)11-17(22(2,20)21)15-6-4-3-5-14(15)16(18)19/h3-10H,11H2,1-2H3,(H,18,19). The molecule has 0 aliphatic carbocycles. The average Bonchev–Trinajstić information content (AvgIpc) is 2.45. The summed E-state index contributed by atoms with van der Waals surface area (Å²) in [6.45, 7) is 2.03. The second kappa shape index (κ2) is 6.19. The molecule has 6 heteroatoms. The lowest BCUT2D eigenvalue weighted by atomic mass is 10.1. The number of hydrogen-bond acceptors (Lipinski definition) is 3. The van der Waals surface area contributed by atoms with Crippen LogP contribution in [0.25, 0.3) is 0 Å². The summed E-state index contributed by atoms with van der Waals surface area (Å²) in [5.74, 6) is -1.16. The number of carbonyl (C=O) groups is 1. The number of carboxylic acids is 1. The third-order valence-electron chi connectivity index (χ3n) is 3.25. The lowest BCUT2D eigenvalue weighted by Crippen LogP contribution is -2.30. The molecule has 0 amide bonds. The van der Waals surface area contributed by atoms with Crippen molar-refractivity contribution in [2.24, 2.45) is 0 Å². The third-order valence-corrected chi connectivity index (χ3v) is 4.38. The highest BCUT2D eigenvalue weighted by Crippen LogP contribution is 2.25. The van der Waals surface area contributed by atoms with E-state index in [0.29, 0.717) is 0 Å². The molecule has 5 nitrogen and oxygen atoms in total. The average molecular weight is 319 g/mol. The van der Waals surface area contributed by atoms with Gasteiger partial charge < -0.3 is 5.11 Å². The van der Waals surface area contributed by atoms with Crippen molar-refractivity contribution in [1.29, 1.82) is 0 Å². The van der Waals surface area contributed by atoms with Crippen molar-refractivity contribution in [2.45, 2.75) is 13.5 Å². The summed E-state index contributed by atoms with van der Waals surface area (Å²) in [4.78, 5) is 11.3. The molecular weight excluding hydrogens is 302 g/mol. The van der Waals surface area contributed by atoms with E-state index in [9.17, 15) is 18.3 Å². The van der Waals surface area contributed by atoms with E-state index >= 15 is 0 Å². The van der Waals surface area contributed by atoms with Gasteiger partial charge in [-0.1, -0.05) is 42.0 Å². The Bertz CT molecular complexity index is 782. The fourth-order valence-corrected chi connectivity index (χ4v) is 3.01. The molecule has 1 N–H and O–H groups in total. The second-order valence-electron chi connectivity index (χ2n) is 5.08. The Hall–Kier alpha value is -2.34. The summed E-state index contributed by atoms with van der Waals surface area (Å²) >= 11 is 0. The molecule has 0 aliphatic rings. The van der Waals surface area contributed by atoms with Gasteiger partial charge in [0.1, 0.15) is 0 Å². The number of carboxylic acid groups (broad SMARTS) is 1. The van der Waals surface area contributed by atoms with E-state index in [0.717, 1.165) is 21.7 Å². The number of hydrogen-bond donors (Lipinski definition) is 1.